The van der Waals surface area contributed by atoms with Gasteiger partial charge in [0.1, 0.15) is 5.52 Å². The Hall–Kier alpha value is -1.86. The molecule has 2 aromatic rings. The molecule has 0 bridgehead atoms. The predicted molar refractivity (Wildman–Crippen MR) is 68.1 cm³/mol. The molecule has 0 atom stereocenters. The summed E-state index contributed by atoms with van der Waals surface area (Å²) in [6.07, 6.45) is 1.44. The fourth-order valence-corrected chi connectivity index (χ4v) is 2.36. The van der Waals surface area contributed by atoms with Gasteiger partial charge in [-0.2, -0.15) is 0 Å². The van der Waals surface area contributed by atoms with E-state index in [1.165, 1.54) is 11.6 Å². The summed E-state index contributed by atoms with van der Waals surface area (Å²) in [5, 5.41) is 0. The van der Waals surface area contributed by atoms with Crippen LogP contribution in [0.15, 0.2) is 21.9 Å². The van der Waals surface area contributed by atoms with E-state index in [1.54, 1.807) is 23.9 Å². The van der Waals surface area contributed by atoms with Crippen molar-refractivity contribution >= 4 is 11.0 Å². The lowest BCUT2D eigenvalue weighted by atomic mass is 10.4. The molecule has 1 aliphatic rings. The topological polar surface area (TPSA) is 67.4 Å². The van der Waals surface area contributed by atoms with E-state index < -0.39 is 0 Å². The smallest absolute Gasteiger partial charge is 0.331 e. The number of rotatable bonds is 2. The number of hydrogen-bond acceptors (Lipinski definition) is 4. The summed E-state index contributed by atoms with van der Waals surface area (Å²) in [4.78, 5) is 24.0. The summed E-state index contributed by atoms with van der Waals surface area (Å²) in [6.45, 7) is 1.58. The van der Waals surface area contributed by atoms with Crippen molar-refractivity contribution < 1.29 is 9.47 Å². The molecule has 0 spiro atoms. The first-order valence-electron chi connectivity index (χ1n) is 6.07. The second-order valence-corrected chi connectivity index (χ2v) is 4.58. The van der Waals surface area contributed by atoms with Gasteiger partial charge in [-0.05, 0) is 6.07 Å². The minimum atomic E-state index is -0.336. The molecule has 3 heterocycles. The van der Waals surface area contributed by atoms with Crippen molar-refractivity contribution in [3.05, 3.63) is 33.1 Å². The zero-order chi connectivity index (χ0) is 13.6. The van der Waals surface area contributed by atoms with Gasteiger partial charge in [0.05, 0.1) is 25.3 Å². The molecular formula is C12H15N3O4. The van der Waals surface area contributed by atoms with Gasteiger partial charge in [-0.15, -0.1) is 0 Å². The van der Waals surface area contributed by atoms with Crippen molar-refractivity contribution in [3.8, 4) is 0 Å². The average molecular weight is 265 g/mol. The van der Waals surface area contributed by atoms with Crippen molar-refractivity contribution in [2.45, 2.75) is 12.8 Å². The van der Waals surface area contributed by atoms with Crippen LogP contribution in [0.4, 0.5) is 0 Å². The van der Waals surface area contributed by atoms with Gasteiger partial charge in [0, 0.05) is 20.3 Å². The Balaban J connectivity index is 2.17. The number of fused-ring (bicyclic) bond motifs is 1. The Morgan fingerprint density at radius 2 is 1.89 bits per heavy atom. The van der Waals surface area contributed by atoms with Crippen LogP contribution in [-0.4, -0.2) is 33.2 Å². The summed E-state index contributed by atoms with van der Waals surface area (Å²) in [5.74, 6) is 0. The molecule has 102 valence electrons. The van der Waals surface area contributed by atoms with Gasteiger partial charge in [-0.1, -0.05) is 0 Å². The van der Waals surface area contributed by atoms with Crippen LogP contribution in [0.5, 0.6) is 0 Å². The SMILES string of the molecule is Cn1c(=O)c2c(ccn2CC2OCCO2)n(C)c1=O. The minimum absolute atomic E-state index is 0.305. The molecule has 0 amide bonds. The highest BCUT2D eigenvalue weighted by atomic mass is 16.7. The third-order valence-corrected chi connectivity index (χ3v) is 3.42. The number of ether oxygens (including phenoxy) is 2. The molecule has 1 saturated heterocycles. The lowest BCUT2D eigenvalue weighted by Crippen LogP contribution is -2.37. The maximum absolute atomic E-state index is 12.2. The fraction of sp³-hybridized carbons (Fsp3) is 0.500. The summed E-state index contributed by atoms with van der Waals surface area (Å²) in [6, 6.07) is 1.76. The maximum atomic E-state index is 12.2. The quantitative estimate of drug-likeness (QED) is 0.728. The zero-order valence-electron chi connectivity index (χ0n) is 10.8. The molecule has 2 aromatic heterocycles. The number of nitrogens with zero attached hydrogens (tertiary/aromatic N) is 3. The van der Waals surface area contributed by atoms with E-state index in [0.29, 0.717) is 30.8 Å². The Labute approximate surface area is 108 Å². The molecule has 19 heavy (non-hydrogen) atoms. The van der Waals surface area contributed by atoms with Crippen LogP contribution in [0.1, 0.15) is 0 Å². The van der Waals surface area contributed by atoms with Gasteiger partial charge in [-0.3, -0.25) is 13.9 Å². The molecule has 0 aromatic carbocycles. The predicted octanol–water partition coefficient (Wildman–Crippen LogP) is -0.588. The molecule has 7 nitrogen and oxygen atoms in total. The van der Waals surface area contributed by atoms with E-state index in [9.17, 15) is 9.59 Å². The van der Waals surface area contributed by atoms with E-state index in [0.717, 1.165) is 4.57 Å². The van der Waals surface area contributed by atoms with Crippen LogP contribution < -0.4 is 11.2 Å². The second kappa shape index (κ2) is 4.36. The van der Waals surface area contributed by atoms with Crippen LogP contribution in [0, 0.1) is 0 Å². The fourth-order valence-electron chi connectivity index (χ4n) is 2.36. The van der Waals surface area contributed by atoms with Gasteiger partial charge >= 0.3 is 5.69 Å². The van der Waals surface area contributed by atoms with Crippen molar-refractivity contribution in [1.82, 2.24) is 13.7 Å². The Bertz CT molecular complexity index is 734. The molecular weight excluding hydrogens is 250 g/mol. The highest BCUT2D eigenvalue weighted by molar-refractivity contribution is 5.75. The van der Waals surface area contributed by atoms with Gasteiger partial charge < -0.3 is 14.0 Å². The van der Waals surface area contributed by atoms with Crippen LogP contribution in [0.3, 0.4) is 0 Å². The molecule has 7 heteroatoms. The summed E-state index contributed by atoms with van der Waals surface area (Å²) >= 11 is 0. The van der Waals surface area contributed by atoms with E-state index in [2.05, 4.69) is 0 Å². The number of hydrogen-bond donors (Lipinski definition) is 0. The highest BCUT2D eigenvalue weighted by Gasteiger charge is 2.19. The normalized spacial score (nSPS) is 16.5. The molecule has 0 radical (unpaired) electrons. The van der Waals surface area contributed by atoms with Crippen molar-refractivity contribution in [2.75, 3.05) is 13.2 Å². The van der Waals surface area contributed by atoms with E-state index in [1.807, 2.05) is 0 Å². The lowest BCUT2D eigenvalue weighted by molar-refractivity contribution is -0.0517. The lowest BCUT2D eigenvalue weighted by Gasteiger charge is -2.11. The molecule has 0 aliphatic carbocycles. The van der Waals surface area contributed by atoms with Crippen LogP contribution in [0.2, 0.25) is 0 Å². The van der Waals surface area contributed by atoms with Gasteiger partial charge in [0.15, 0.2) is 6.29 Å². The molecule has 3 rings (SSSR count). The Morgan fingerprint density at radius 3 is 2.58 bits per heavy atom. The van der Waals surface area contributed by atoms with E-state index >= 15 is 0 Å². The first-order chi connectivity index (χ1) is 9.09. The van der Waals surface area contributed by atoms with E-state index in [4.69, 9.17) is 9.47 Å². The first kappa shape index (κ1) is 12.2. The minimum Gasteiger partial charge on any atom is -0.348 e. The molecule has 0 saturated carbocycles. The van der Waals surface area contributed by atoms with Crippen molar-refractivity contribution in [3.63, 3.8) is 0 Å². The second-order valence-electron chi connectivity index (χ2n) is 4.58. The Morgan fingerprint density at radius 1 is 1.21 bits per heavy atom. The standard InChI is InChI=1S/C12H15N3O4/c1-13-8-3-4-15(7-9-18-5-6-19-9)10(8)11(16)14(2)12(13)17/h3-4,9H,5-7H2,1-2H3. The van der Waals surface area contributed by atoms with Crippen LogP contribution >= 0.6 is 0 Å². The zero-order valence-corrected chi connectivity index (χ0v) is 10.8. The first-order valence-corrected chi connectivity index (χ1v) is 6.07. The monoisotopic (exact) mass is 265 g/mol. The number of aromatic nitrogens is 3. The molecule has 1 aliphatic heterocycles. The van der Waals surface area contributed by atoms with Gasteiger partial charge in [-0.25, -0.2) is 4.79 Å². The summed E-state index contributed by atoms with van der Waals surface area (Å²) < 4.78 is 15.1. The molecule has 0 N–H and O–H groups in total. The van der Waals surface area contributed by atoms with Crippen molar-refractivity contribution in [2.24, 2.45) is 14.1 Å². The summed E-state index contributed by atoms with van der Waals surface area (Å²) in [5.41, 5.74) is 0.472. The van der Waals surface area contributed by atoms with Crippen molar-refractivity contribution in [1.29, 1.82) is 0 Å². The average Bonchev–Trinajstić information content (AvgIpc) is 3.04. The third-order valence-electron chi connectivity index (χ3n) is 3.42. The highest BCUT2D eigenvalue weighted by Crippen LogP contribution is 2.13. The van der Waals surface area contributed by atoms with Gasteiger partial charge in [0.25, 0.3) is 5.56 Å². The van der Waals surface area contributed by atoms with Gasteiger partial charge in [0.2, 0.25) is 0 Å². The van der Waals surface area contributed by atoms with E-state index in [-0.39, 0.29) is 17.5 Å². The molecule has 0 unspecified atom stereocenters. The number of aryl methyl sites for hydroxylation is 1. The van der Waals surface area contributed by atoms with Crippen LogP contribution in [0.25, 0.3) is 11.0 Å². The van der Waals surface area contributed by atoms with Crippen LogP contribution in [-0.2, 0) is 30.1 Å². The maximum Gasteiger partial charge on any atom is 0.331 e. The summed E-state index contributed by atoms with van der Waals surface area (Å²) in [7, 11) is 3.13. The molecule has 1 fully saturated rings. The Kier molecular flexibility index (Phi) is 2.79. The third kappa shape index (κ3) is 1.82. The largest absolute Gasteiger partial charge is 0.348 e.